The molecule has 2 atom stereocenters. The van der Waals surface area contributed by atoms with Crippen LogP contribution in [-0.2, 0) is 4.79 Å². The fraction of sp³-hybridized carbons (Fsp3) is 0.222. The van der Waals surface area contributed by atoms with Crippen LogP contribution in [0.2, 0.25) is 0 Å². The number of ether oxygens (including phenoxy) is 3. The number of benzene rings is 3. The lowest BCUT2D eigenvalue weighted by Crippen LogP contribution is -2.39. The molecule has 7 nitrogen and oxygen atoms in total. The van der Waals surface area contributed by atoms with Crippen LogP contribution < -0.4 is 25.3 Å². The highest BCUT2D eigenvalue weighted by atomic mass is 19.2. The Balaban J connectivity index is 1.53. The Bertz CT molecular complexity index is 1200. The standard InChI is InChI=1S/C27H28F2N2O5/c1-17(36-26-6-4-3-5-25(26)34-2)31-15-20(32)16-35-21-10-8-19(9-11-21)22(27(30)33)13-18-7-12-23(28)24(29)14-18/h3-14,17,20,31-32H,15-16H2,1-2H3,(H2,30,33). The van der Waals surface area contributed by atoms with Gasteiger partial charge in [-0.3, -0.25) is 10.1 Å². The number of amides is 1. The minimum absolute atomic E-state index is 0.0150. The summed E-state index contributed by atoms with van der Waals surface area (Å²) >= 11 is 0. The van der Waals surface area contributed by atoms with Gasteiger partial charge in [-0.05, 0) is 60.5 Å². The molecule has 3 aromatic rings. The molecule has 0 saturated heterocycles. The zero-order valence-electron chi connectivity index (χ0n) is 19.9. The summed E-state index contributed by atoms with van der Waals surface area (Å²) in [6.07, 6.45) is 0.177. The first-order valence-corrected chi connectivity index (χ1v) is 11.2. The number of aliphatic hydroxyl groups is 1. The quantitative estimate of drug-likeness (QED) is 0.200. The number of carbonyl (C=O) groups excluding carboxylic acids is 1. The smallest absolute Gasteiger partial charge is 0.249 e. The Labute approximate surface area is 208 Å². The van der Waals surface area contributed by atoms with E-state index in [1.165, 1.54) is 12.1 Å². The molecule has 4 N–H and O–H groups in total. The highest BCUT2D eigenvalue weighted by molar-refractivity contribution is 6.23. The van der Waals surface area contributed by atoms with E-state index >= 15 is 0 Å². The highest BCUT2D eigenvalue weighted by Crippen LogP contribution is 2.26. The van der Waals surface area contributed by atoms with Crippen LogP contribution in [0.1, 0.15) is 18.1 Å². The van der Waals surface area contributed by atoms with Crippen molar-refractivity contribution in [3.8, 4) is 17.2 Å². The topological polar surface area (TPSA) is 103 Å². The summed E-state index contributed by atoms with van der Waals surface area (Å²) in [5.74, 6) is -1.07. The Morgan fingerprint density at radius 1 is 1.06 bits per heavy atom. The zero-order valence-corrected chi connectivity index (χ0v) is 19.9. The zero-order chi connectivity index (χ0) is 26.1. The fourth-order valence-corrected chi connectivity index (χ4v) is 3.30. The molecule has 0 aliphatic rings. The number of hydrogen-bond acceptors (Lipinski definition) is 6. The maximum absolute atomic E-state index is 13.5. The van der Waals surface area contributed by atoms with Gasteiger partial charge in [0.2, 0.25) is 5.91 Å². The largest absolute Gasteiger partial charge is 0.493 e. The van der Waals surface area contributed by atoms with E-state index in [4.69, 9.17) is 19.9 Å². The van der Waals surface area contributed by atoms with Crippen molar-refractivity contribution in [2.75, 3.05) is 20.3 Å². The molecule has 36 heavy (non-hydrogen) atoms. The van der Waals surface area contributed by atoms with E-state index in [1.807, 2.05) is 19.1 Å². The Morgan fingerprint density at radius 2 is 1.75 bits per heavy atom. The number of carbonyl (C=O) groups is 1. The molecule has 0 heterocycles. The molecule has 2 unspecified atom stereocenters. The predicted octanol–water partition coefficient (Wildman–Crippen LogP) is 3.75. The number of halogens is 2. The third kappa shape index (κ3) is 7.53. The third-order valence-electron chi connectivity index (χ3n) is 5.14. The summed E-state index contributed by atoms with van der Waals surface area (Å²) in [4.78, 5) is 11.9. The molecular formula is C27H28F2N2O5. The summed E-state index contributed by atoms with van der Waals surface area (Å²) in [6, 6.07) is 17.0. The van der Waals surface area contributed by atoms with Crippen LogP contribution in [0.25, 0.3) is 11.6 Å². The van der Waals surface area contributed by atoms with E-state index in [0.717, 1.165) is 12.1 Å². The van der Waals surface area contributed by atoms with Crippen LogP contribution in [0.15, 0.2) is 66.7 Å². The molecule has 0 spiro atoms. The van der Waals surface area contributed by atoms with Gasteiger partial charge in [-0.25, -0.2) is 8.78 Å². The van der Waals surface area contributed by atoms with Crippen molar-refractivity contribution >= 4 is 17.6 Å². The average Bonchev–Trinajstić information content (AvgIpc) is 2.87. The van der Waals surface area contributed by atoms with E-state index in [9.17, 15) is 18.7 Å². The number of aliphatic hydroxyl groups excluding tert-OH is 1. The first kappa shape index (κ1) is 26.7. The SMILES string of the molecule is COc1ccccc1OC(C)NCC(O)COc1ccc(C(=Cc2ccc(F)c(F)c2)C(N)=O)cc1. The first-order chi connectivity index (χ1) is 17.3. The number of methoxy groups -OCH3 is 1. The molecule has 0 saturated carbocycles. The second-order valence-corrected chi connectivity index (χ2v) is 7.90. The van der Waals surface area contributed by atoms with E-state index in [0.29, 0.717) is 28.4 Å². The van der Waals surface area contributed by atoms with Crippen LogP contribution in [0.4, 0.5) is 8.78 Å². The van der Waals surface area contributed by atoms with Gasteiger partial charge in [-0.1, -0.05) is 30.3 Å². The van der Waals surface area contributed by atoms with Crippen LogP contribution in [-0.4, -0.2) is 43.6 Å². The first-order valence-electron chi connectivity index (χ1n) is 11.2. The van der Waals surface area contributed by atoms with Gasteiger partial charge < -0.3 is 25.1 Å². The Morgan fingerprint density at radius 3 is 2.39 bits per heavy atom. The molecule has 0 fully saturated rings. The number of para-hydroxylation sites is 2. The van der Waals surface area contributed by atoms with Crippen molar-refractivity contribution in [3.05, 3.63) is 89.5 Å². The fourth-order valence-electron chi connectivity index (χ4n) is 3.30. The number of rotatable bonds is 12. The molecular weight excluding hydrogens is 470 g/mol. The molecule has 0 bridgehead atoms. The number of hydrogen-bond donors (Lipinski definition) is 3. The molecule has 3 rings (SSSR count). The summed E-state index contributed by atoms with van der Waals surface area (Å²) in [7, 11) is 1.56. The minimum atomic E-state index is -1.02. The van der Waals surface area contributed by atoms with Crippen LogP contribution in [0.3, 0.4) is 0 Å². The maximum atomic E-state index is 13.5. The van der Waals surface area contributed by atoms with Crippen molar-refractivity contribution in [1.82, 2.24) is 5.32 Å². The Kier molecular flexibility index (Phi) is 9.38. The van der Waals surface area contributed by atoms with Gasteiger partial charge in [0.05, 0.1) is 7.11 Å². The van der Waals surface area contributed by atoms with Crippen LogP contribution >= 0.6 is 0 Å². The maximum Gasteiger partial charge on any atom is 0.249 e. The minimum Gasteiger partial charge on any atom is -0.493 e. The molecule has 1 amide bonds. The second-order valence-electron chi connectivity index (χ2n) is 7.90. The van der Waals surface area contributed by atoms with Crippen molar-refractivity contribution in [2.45, 2.75) is 19.3 Å². The van der Waals surface area contributed by atoms with Gasteiger partial charge in [-0.15, -0.1) is 0 Å². The normalized spacial score (nSPS) is 13.1. The van der Waals surface area contributed by atoms with Crippen molar-refractivity contribution < 1.29 is 32.9 Å². The lowest BCUT2D eigenvalue weighted by atomic mass is 10.0. The molecule has 0 aliphatic heterocycles. The Hall–Kier alpha value is -3.95. The van der Waals surface area contributed by atoms with Gasteiger partial charge in [0.25, 0.3) is 0 Å². The van der Waals surface area contributed by atoms with E-state index in [2.05, 4.69) is 5.32 Å². The monoisotopic (exact) mass is 498 g/mol. The average molecular weight is 499 g/mol. The summed E-state index contributed by atoms with van der Waals surface area (Å²) in [5.41, 5.74) is 6.38. The third-order valence-corrected chi connectivity index (χ3v) is 5.14. The lowest BCUT2D eigenvalue weighted by Gasteiger charge is -2.20. The number of nitrogens with one attached hydrogen (secondary N) is 1. The van der Waals surface area contributed by atoms with Gasteiger partial charge in [0, 0.05) is 12.1 Å². The molecule has 190 valence electrons. The lowest BCUT2D eigenvalue weighted by molar-refractivity contribution is -0.112. The summed E-state index contributed by atoms with van der Waals surface area (Å²) < 4.78 is 43.3. The molecule has 9 heteroatoms. The number of primary amides is 1. The molecule has 0 radical (unpaired) electrons. The summed E-state index contributed by atoms with van der Waals surface area (Å²) in [6.45, 7) is 2.04. The molecule has 0 aromatic heterocycles. The van der Waals surface area contributed by atoms with Crippen molar-refractivity contribution in [3.63, 3.8) is 0 Å². The van der Waals surface area contributed by atoms with Crippen LogP contribution in [0, 0.1) is 11.6 Å². The van der Waals surface area contributed by atoms with Crippen molar-refractivity contribution in [1.29, 1.82) is 0 Å². The van der Waals surface area contributed by atoms with Crippen molar-refractivity contribution in [2.24, 2.45) is 5.73 Å². The highest BCUT2D eigenvalue weighted by Gasteiger charge is 2.13. The van der Waals surface area contributed by atoms with E-state index in [1.54, 1.807) is 43.5 Å². The van der Waals surface area contributed by atoms with Crippen LogP contribution in [0.5, 0.6) is 17.2 Å². The number of nitrogens with two attached hydrogens (primary N) is 1. The second kappa shape index (κ2) is 12.7. The van der Waals surface area contributed by atoms with Gasteiger partial charge in [0.1, 0.15) is 24.7 Å². The van der Waals surface area contributed by atoms with Gasteiger partial charge in [0.15, 0.2) is 23.1 Å². The molecule has 3 aromatic carbocycles. The van der Waals surface area contributed by atoms with Gasteiger partial charge in [-0.2, -0.15) is 0 Å². The summed E-state index contributed by atoms with van der Waals surface area (Å²) in [5, 5.41) is 13.3. The molecule has 0 aliphatic carbocycles. The van der Waals surface area contributed by atoms with Gasteiger partial charge >= 0.3 is 0 Å². The van der Waals surface area contributed by atoms with E-state index < -0.39 is 23.6 Å². The van der Waals surface area contributed by atoms with E-state index in [-0.39, 0.29) is 25.0 Å². The predicted molar refractivity (Wildman–Crippen MR) is 132 cm³/mol.